The first-order chi connectivity index (χ1) is 11.2. The van der Waals surface area contributed by atoms with Gasteiger partial charge in [0, 0.05) is 30.9 Å². The zero-order valence-corrected chi connectivity index (χ0v) is 13.3. The molecule has 1 aliphatic rings. The number of nitrogens with zero attached hydrogens (tertiary/aromatic N) is 3. The molecule has 0 saturated carbocycles. The van der Waals surface area contributed by atoms with Crippen molar-refractivity contribution in [2.75, 3.05) is 18.0 Å². The Morgan fingerprint density at radius 3 is 3.13 bits per heavy atom. The molecule has 2 heterocycles. The largest absolute Gasteiger partial charge is 0.354 e. The van der Waals surface area contributed by atoms with Crippen LogP contribution in [0.5, 0.6) is 0 Å². The second-order valence-electron chi connectivity index (χ2n) is 5.96. The lowest BCUT2D eigenvalue weighted by Gasteiger charge is -2.34. The van der Waals surface area contributed by atoms with Crippen LogP contribution in [0, 0.1) is 5.82 Å². The van der Waals surface area contributed by atoms with Gasteiger partial charge in [0.1, 0.15) is 18.0 Å². The second-order valence-corrected chi connectivity index (χ2v) is 5.96. The lowest BCUT2D eigenvalue weighted by Crippen LogP contribution is -2.48. The average Bonchev–Trinajstić information content (AvgIpc) is 2.54. The third kappa shape index (κ3) is 3.57. The van der Waals surface area contributed by atoms with E-state index in [-0.39, 0.29) is 17.8 Å². The maximum Gasteiger partial charge on any atom is 0.220 e. The normalized spacial score (nSPS) is 18.2. The molecular formula is C17H21FN4O. The Kier molecular flexibility index (Phi) is 4.69. The van der Waals surface area contributed by atoms with Crippen LogP contribution < -0.4 is 10.2 Å². The summed E-state index contributed by atoms with van der Waals surface area (Å²) < 4.78 is 13.6. The average molecular weight is 316 g/mol. The van der Waals surface area contributed by atoms with E-state index in [1.807, 2.05) is 6.92 Å². The lowest BCUT2D eigenvalue weighted by molar-refractivity contribution is -0.121. The highest BCUT2D eigenvalue weighted by molar-refractivity contribution is 5.89. The van der Waals surface area contributed by atoms with E-state index in [4.69, 9.17) is 0 Å². The van der Waals surface area contributed by atoms with Gasteiger partial charge in [0.05, 0.1) is 5.52 Å². The second kappa shape index (κ2) is 6.89. The molecule has 2 aromatic rings. The van der Waals surface area contributed by atoms with Crippen LogP contribution in [0.3, 0.4) is 0 Å². The highest BCUT2D eigenvalue weighted by Crippen LogP contribution is 2.26. The fourth-order valence-electron chi connectivity index (χ4n) is 3.08. The number of anilines is 1. The molecule has 0 radical (unpaired) electrons. The van der Waals surface area contributed by atoms with E-state index in [9.17, 15) is 9.18 Å². The van der Waals surface area contributed by atoms with Crippen LogP contribution in [0.2, 0.25) is 0 Å². The van der Waals surface area contributed by atoms with Crippen molar-refractivity contribution in [1.29, 1.82) is 0 Å². The van der Waals surface area contributed by atoms with Crippen molar-refractivity contribution in [3.63, 3.8) is 0 Å². The van der Waals surface area contributed by atoms with E-state index >= 15 is 0 Å². The van der Waals surface area contributed by atoms with Gasteiger partial charge in [-0.2, -0.15) is 0 Å². The van der Waals surface area contributed by atoms with Gasteiger partial charge in [-0.1, -0.05) is 6.92 Å². The van der Waals surface area contributed by atoms with Crippen LogP contribution in [-0.2, 0) is 4.79 Å². The number of amides is 1. The van der Waals surface area contributed by atoms with Crippen LogP contribution in [0.4, 0.5) is 10.2 Å². The van der Waals surface area contributed by atoms with Crippen LogP contribution >= 0.6 is 0 Å². The minimum atomic E-state index is -0.293. The SMILES string of the molecule is CCCC(=O)NC1CCCN(c2ncnc3ccc(F)cc23)C1. The molecule has 1 aromatic heterocycles. The first kappa shape index (κ1) is 15.6. The molecule has 1 aliphatic heterocycles. The van der Waals surface area contributed by atoms with Gasteiger partial charge >= 0.3 is 0 Å². The van der Waals surface area contributed by atoms with Crippen molar-refractivity contribution in [2.24, 2.45) is 0 Å². The van der Waals surface area contributed by atoms with E-state index in [2.05, 4.69) is 20.2 Å². The molecule has 1 N–H and O–H groups in total. The Morgan fingerprint density at radius 2 is 2.30 bits per heavy atom. The van der Waals surface area contributed by atoms with E-state index in [0.29, 0.717) is 18.4 Å². The Labute approximate surface area is 134 Å². The number of fused-ring (bicyclic) bond motifs is 1. The van der Waals surface area contributed by atoms with Gasteiger partial charge in [-0.15, -0.1) is 0 Å². The number of carbonyl (C=O) groups is 1. The van der Waals surface area contributed by atoms with Gasteiger partial charge in [0.25, 0.3) is 0 Å². The van der Waals surface area contributed by atoms with Gasteiger partial charge in [0.15, 0.2) is 0 Å². The number of piperidine rings is 1. The molecule has 1 fully saturated rings. The lowest BCUT2D eigenvalue weighted by atomic mass is 10.0. The Hall–Kier alpha value is -2.24. The maximum absolute atomic E-state index is 13.6. The van der Waals surface area contributed by atoms with E-state index in [1.165, 1.54) is 18.5 Å². The quantitative estimate of drug-likeness (QED) is 0.942. The van der Waals surface area contributed by atoms with Crippen LogP contribution in [0.25, 0.3) is 10.9 Å². The van der Waals surface area contributed by atoms with Gasteiger partial charge < -0.3 is 10.2 Å². The number of nitrogens with one attached hydrogen (secondary N) is 1. The van der Waals surface area contributed by atoms with E-state index in [0.717, 1.165) is 37.1 Å². The summed E-state index contributed by atoms with van der Waals surface area (Å²) in [5, 5.41) is 3.80. The molecule has 0 spiro atoms. The zero-order valence-electron chi connectivity index (χ0n) is 13.3. The van der Waals surface area contributed by atoms with E-state index in [1.54, 1.807) is 6.07 Å². The van der Waals surface area contributed by atoms with Gasteiger partial charge in [0.2, 0.25) is 5.91 Å². The summed E-state index contributed by atoms with van der Waals surface area (Å²) >= 11 is 0. The molecule has 3 rings (SSSR count). The monoisotopic (exact) mass is 316 g/mol. The Bertz CT molecular complexity index is 706. The molecular weight excluding hydrogens is 295 g/mol. The zero-order chi connectivity index (χ0) is 16.2. The molecule has 1 atom stereocenters. The Morgan fingerprint density at radius 1 is 1.43 bits per heavy atom. The molecule has 0 aliphatic carbocycles. The number of carbonyl (C=O) groups excluding carboxylic acids is 1. The minimum Gasteiger partial charge on any atom is -0.354 e. The third-order valence-electron chi connectivity index (χ3n) is 4.14. The number of aromatic nitrogens is 2. The summed E-state index contributed by atoms with van der Waals surface area (Å²) in [5.74, 6) is 0.542. The van der Waals surface area contributed by atoms with Crippen LogP contribution in [-0.4, -0.2) is 35.0 Å². The minimum absolute atomic E-state index is 0.0953. The number of rotatable bonds is 4. The summed E-state index contributed by atoms with van der Waals surface area (Å²) in [6.45, 7) is 3.54. The summed E-state index contributed by atoms with van der Waals surface area (Å²) in [5.41, 5.74) is 0.730. The fraction of sp³-hybridized carbons (Fsp3) is 0.471. The third-order valence-corrected chi connectivity index (χ3v) is 4.14. The summed E-state index contributed by atoms with van der Waals surface area (Å²) in [7, 11) is 0. The molecule has 1 amide bonds. The van der Waals surface area contributed by atoms with Gasteiger partial charge in [-0.05, 0) is 37.5 Å². The number of hydrogen-bond acceptors (Lipinski definition) is 4. The molecule has 23 heavy (non-hydrogen) atoms. The number of benzene rings is 1. The van der Waals surface area contributed by atoms with Crippen molar-refractivity contribution < 1.29 is 9.18 Å². The molecule has 0 bridgehead atoms. The summed E-state index contributed by atoms with van der Waals surface area (Å²) in [6, 6.07) is 4.66. The Balaban J connectivity index is 1.81. The fourth-order valence-corrected chi connectivity index (χ4v) is 3.08. The van der Waals surface area contributed by atoms with Crippen molar-refractivity contribution in [3.8, 4) is 0 Å². The molecule has 5 nitrogen and oxygen atoms in total. The van der Waals surface area contributed by atoms with Gasteiger partial charge in [-0.25, -0.2) is 14.4 Å². The number of hydrogen-bond donors (Lipinski definition) is 1. The highest BCUT2D eigenvalue weighted by Gasteiger charge is 2.23. The van der Waals surface area contributed by atoms with Crippen molar-refractivity contribution in [1.82, 2.24) is 15.3 Å². The first-order valence-corrected chi connectivity index (χ1v) is 8.12. The highest BCUT2D eigenvalue weighted by atomic mass is 19.1. The van der Waals surface area contributed by atoms with Crippen LogP contribution in [0.1, 0.15) is 32.6 Å². The molecule has 1 saturated heterocycles. The maximum atomic E-state index is 13.6. The summed E-state index contributed by atoms with van der Waals surface area (Å²) in [6.07, 6.45) is 4.84. The van der Waals surface area contributed by atoms with Crippen molar-refractivity contribution in [3.05, 3.63) is 30.3 Å². The topological polar surface area (TPSA) is 58.1 Å². The number of halogens is 1. The first-order valence-electron chi connectivity index (χ1n) is 8.12. The molecule has 1 unspecified atom stereocenters. The molecule has 1 aromatic carbocycles. The van der Waals surface area contributed by atoms with E-state index < -0.39 is 0 Å². The molecule has 6 heteroatoms. The summed E-state index contributed by atoms with van der Waals surface area (Å²) in [4.78, 5) is 22.5. The van der Waals surface area contributed by atoms with Gasteiger partial charge in [-0.3, -0.25) is 4.79 Å². The predicted octanol–water partition coefficient (Wildman–Crippen LogP) is 2.65. The van der Waals surface area contributed by atoms with Crippen molar-refractivity contribution in [2.45, 2.75) is 38.6 Å². The predicted molar refractivity (Wildman–Crippen MR) is 87.8 cm³/mol. The van der Waals surface area contributed by atoms with Crippen molar-refractivity contribution >= 4 is 22.6 Å². The standard InChI is InChI=1S/C17H21FN4O/c1-2-4-16(23)21-13-5-3-8-22(10-13)17-14-9-12(18)6-7-15(14)19-11-20-17/h6-7,9,11,13H,2-5,8,10H2,1H3,(H,21,23). The molecule has 122 valence electrons. The van der Waals surface area contributed by atoms with Crippen LogP contribution in [0.15, 0.2) is 24.5 Å². The smallest absolute Gasteiger partial charge is 0.220 e.